The lowest BCUT2D eigenvalue weighted by molar-refractivity contribution is 0.0931. The number of H-pyrrole nitrogens is 1. The number of aromatic amines is 1. The largest absolute Gasteiger partial charge is 0.377 e. The molecule has 0 saturated heterocycles. The van der Waals surface area contributed by atoms with E-state index in [1.165, 1.54) is 0 Å². The Morgan fingerprint density at radius 1 is 1.09 bits per heavy atom. The third kappa shape index (κ3) is 3.96. The number of nitrogens with one attached hydrogen (secondary N) is 2. The van der Waals surface area contributed by atoms with Crippen molar-refractivity contribution >= 4 is 16.8 Å². The molecule has 3 rings (SSSR count). The zero-order valence-electron chi connectivity index (χ0n) is 12.8. The molecule has 0 spiro atoms. The van der Waals surface area contributed by atoms with Gasteiger partial charge in [-0.2, -0.15) is 5.10 Å². The minimum atomic E-state index is -0.162. The topological polar surface area (TPSA) is 67.0 Å². The van der Waals surface area contributed by atoms with Crippen LogP contribution in [0, 0.1) is 0 Å². The maximum atomic E-state index is 12.1. The van der Waals surface area contributed by atoms with Gasteiger partial charge in [-0.05, 0) is 18.1 Å². The number of hydrogen-bond donors (Lipinski definition) is 2. The van der Waals surface area contributed by atoms with Crippen LogP contribution in [-0.2, 0) is 11.3 Å². The van der Waals surface area contributed by atoms with Gasteiger partial charge in [-0.1, -0.05) is 48.5 Å². The highest BCUT2D eigenvalue weighted by Gasteiger charge is 2.12. The van der Waals surface area contributed by atoms with Crippen LogP contribution in [0.5, 0.6) is 0 Å². The van der Waals surface area contributed by atoms with E-state index in [1.807, 2.05) is 54.6 Å². The third-order valence-corrected chi connectivity index (χ3v) is 3.55. The van der Waals surface area contributed by atoms with Crippen molar-refractivity contribution in [1.29, 1.82) is 0 Å². The molecule has 2 aromatic carbocycles. The van der Waals surface area contributed by atoms with E-state index in [-0.39, 0.29) is 5.91 Å². The number of carbonyl (C=O) groups is 1. The number of aromatic nitrogens is 2. The van der Waals surface area contributed by atoms with Crippen LogP contribution in [0.2, 0.25) is 0 Å². The molecule has 0 fully saturated rings. The fraction of sp³-hybridized carbons (Fsp3) is 0.222. The minimum Gasteiger partial charge on any atom is -0.377 e. The Morgan fingerprint density at radius 3 is 2.74 bits per heavy atom. The lowest BCUT2D eigenvalue weighted by atomic mass is 10.2. The van der Waals surface area contributed by atoms with E-state index < -0.39 is 0 Å². The molecule has 118 valence electrons. The smallest absolute Gasteiger partial charge is 0.272 e. The number of carbonyl (C=O) groups excluding carboxylic acids is 1. The van der Waals surface area contributed by atoms with Gasteiger partial charge >= 0.3 is 0 Å². The molecule has 5 heteroatoms. The van der Waals surface area contributed by atoms with Crippen LogP contribution < -0.4 is 5.32 Å². The number of para-hydroxylation sites is 1. The van der Waals surface area contributed by atoms with Crippen molar-refractivity contribution in [3.8, 4) is 0 Å². The van der Waals surface area contributed by atoms with Crippen molar-refractivity contribution in [2.24, 2.45) is 0 Å². The first kappa shape index (κ1) is 15.2. The van der Waals surface area contributed by atoms with E-state index >= 15 is 0 Å². The molecule has 2 N–H and O–H groups in total. The Balaban J connectivity index is 1.40. The maximum Gasteiger partial charge on any atom is 0.272 e. The van der Waals surface area contributed by atoms with Crippen molar-refractivity contribution < 1.29 is 9.53 Å². The summed E-state index contributed by atoms with van der Waals surface area (Å²) in [7, 11) is 0. The molecule has 0 saturated carbocycles. The molecule has 1 heterocycles. The van der Waals surface area contributed by atoms with Crippen molar-refractivity contribution in [3.05, 3.63) is 65.9 Å². The number of benzene rings is 2. The predicted octanol–water partition coefficient (Wildman–Crippen LogP) is 2.90. The number of nitrogens with zero attached hydrogens (tertiary/aromatic N) is 1. The lowest BCUT2D eigenvalue weighted by Gasteiger charge is -2.05. The Hall–Kier alpha value is -2.66. The number of rotatable bonds is 7. The summed E-state index contributed by atoms with van der Waals surface area (Å²) in [6.07, 6.45) is 0.765. The van der Waals surface area contributed by atoms with E-state index in [2.05, 4.69) is 15.5 Å². The summed E-state index contributed by atoms with van der Waals surface area (Å²) < 4.78 is 5.59. The molecular weight excluding hydrogens is 290 g/mol. The van der Waals surface area contributed by atoms with Gasteiger partial charge < -0.3 is 10.1 Å². The number of ether oxygens (including phenoxy) is 1. The molecule has 0 aliphatic heterocycles. The average molecular weight is 309 g/mol. The second-order valence-electron chi connectivity index (χ2n) is 5.27. The molecule has 0 atom stereocenters. The molecule has 23 heavy (non-hydrogen) atoms. The van der Waals surface area contributed by atoms with Gasteiger partial charge in [-0.25, -0.2) is 0 Å². The monoisotopic (exact) mass is 309 g/mol. The maximum absolute atomic E-state index is 12.1. The fourth-order valence-electron chi connectivity index (χ4n) is 2.36. The molecule has 0 aliphatic rings. The van der Waals surface area contributed by atoms with Gasteiger partial charge in [-0.15, -0.1) is 0 Å². The van der Waals surface area contributed by atoms with Crippen LogP contribution in [0.25, 0.3) is 10.9 Å². The van der Waals surface area contributed by atoms with Gasteiger partial charge in [0.1, 0.15) is 0 Å². The molecule has 1 amide bonds. The molecule has 0 radical (unpaired) electrons. The van der Waals surface area contributed by atoms with E-state index in [0.717, 1.165) is 22.9 Å². The zero-order chi connectivity index (χ0) is 15.9. The summed E-state index contributed by atoms with van der Waals surface area (Å²) in [5, 5.41) is 10.7. The fourth-order valence-corrected chi connectivity index (χ4v) is 2.36. The highest BCUT2D eigenvalue weighted by Crippen LogP contribution is 2.14. The quantitative estimate of drug-likeness (QED) is 0.659. The third-order valence-electron chi connectivity index (χ3n) is 3.55. The Labute approximate surface area is 134 Å². The number of hydrogen-bond acceptors (Lipinski definition) is 3. The Morgan fingerprint density at radius 2 is 1.87 bits per heavy atom. The molecule has 3 aromatic rings. The van der Waals surface area contributed by atoms with Gasteiger partial charge in [0.15, 0.2) is 5.69 Å². The molecule has 5 nitrogen and oxygen atoms in total. The summed E-state index contributed by atoms with van der Waals surface area (Å²) in [6, 6.07) is 17.6. The molecule has 1 aromatic heterocycles. The summed E-state index contributed by atoms with van der Waals surface area (Å²) in [5.74, 6) is -0.162. The Bertz CT molecular complexity index is 768. The molecular formula is C18H19N3O2. The lowest BCUT2D eigenvalue weighted by Crippen LogP contribution is -2.25. The van der Waals surface area contributed by atoms with Crippen LogP contribution in [0.4, 0.5) is 0 Å². The highest BCUT2D eigenvalue weighted by molar-refractivity contribution is 6.04. The normalized spacial score (nSPS) is 10.8. The summed E-state index contributed by atoms with van der Waals surface area (Å²) >= 11 is 0. The number of fused-ring (bicyclic) bond motifs is 1. The highest BCUT2D eigenvalue weighted by atomic mass is 16.5. The standard InChI is InChI=1S/C18H19N3O2/c22-18(17-15-9-4-5-10-16(15)20-21-17)19-11-6-12-23-13-14-7-2-1-3-8-14/h1-5,7-10H,6,11-13H2,(H,19,22)(H,20,21). The van der Waals surface area contributed by atoms with Crippen LogP contribution >= 0.6 is 0 Å². The van der Waals surface area contributed by atoms with Crippen molar-refractivity contribution in [2.75, 3.05) is 13.2 Å². The van der Waals surface area contributed by atoms with E-state index in [4.69, 9.17) is 4.74 Å². The van der Waals surface area contributed by atoms with Gasteiger partial charge in [0, 0.05) is 18.5 Å². The van der Waals surface area contributed by atoms with Gasteiger partial charge in [0.25, 0.3) is 5.91 Å². The predicted molar refractivity (Wildman–Crippen MR) is 89.1 cm³/mol. The molecule has 0 bridgehead atoms. The van der Waals surface area contributed by atoms with Gasteiger partial charge in [0.05, 0.1) is 12.1 Å². The molecule has 0 aliphatic carbocycles. The SMILES string of the molecule is O=C(NCCCOCc1ccccc1)c1n[nH]c2ccccc12. The van der Waals surface area contributed by atoms with Crippen LogP contribution in [0.3, 0.4) is 0 Å². The van der Waals surface area contributed by atoms with Crippen molar-refractivity contribution in [3.63, 3.8) is 0 Å². The van der Waals surface area contributed by atoms with Gasteiger partial charge in [0.2, 0.25) is 0 Å². The minimum absolute atomic E-state index is 0.162. The molecule has 0 unspecified atom stereocenters. The Kier molecular flexibility index (Phi) is 5.01. The zero-order valence-corrected chi connectivity index (χ0v) is 12.8. The summed E-state index contributed by atoms with van der Waals surface area (Å²) in [4.78, 5) is 12.1. The van der Waals surface area contributed by atoms with Crippen molar-refractivity contribution in [1.82, 2.24) is 15.5 Å². The van der Waals surface area contributed by atoms with E-state index in [9.17, 15) is 4.79 Å². The van der Waals surface area contributed by atoms with E-state index in [1.54, 1.807) is 0 Å². The first-order chi connectivity index (χ1) is 11.3. The van der Waals surface area contributed by atoms with Crippen LogP contribution in [0.1, 0.15) is 22.5 Å². The second-order valence-corrected chi connectivity index (χ2v) is 5.27. The van der Waals surface area contributed by atoms with Crippen molar-refractivity contribution in [2.45, 2.75) is 13.0 Å². The number of amides is 1. The summed E-state index contributed by atoms with van der Waals surface area (Å²) in [6.45, 7) is 1.77. The second kappa shape index (κ2) is 7.56. The first-order valence-electron chi connectivity index (χ1n) is 7.67. The van der Waals surface area contributed by atoms with Crippen LogP contribution in [0.15, 0.2) is 54.6 Å². The first-order valence-corrected chi connectivity index (χ1v) is 7.67. The van der Waals surface area contributed by atoms with E-state index in [0.29, 0.717) is 25.5 Å². The van der Waals surface area contributed by atoms with Gasteiger partial charge in [-0.3, -0.25) is 9.89 Å². The van der Waals surface area contributed by atoms with Crippen LogP contribution in [-0.4, -0.2) is 29.3 Å². The average Bonchev–Trinajstić information content (AvgIpc) is 3.03. The summed E-state index contributed by atoms with van der Waals surface area (Å²) in [5.41, 5.74) is 2.45.